The summed E-state index contributed by atoms with van der Waals surface area (Å²) in [7, 11) is 2.17. The molecule has 1 saturated heterocycles. The van der Waals surface area contributed by atoms with E-state index in [2.05, 4.69) is 18.0 Å². The highest BCUT2D eigenvalue weighted by atomic mass is 16.6. The molecule has 1 spiro atoms. The Morgan fingerprint density at radius 3 is 2.74 bits per heavy atom. The third-order valence-corrected chi connectivity index (χ3v) is 4.59. The summed E-state index contributed by atoms with van der Waals surface area (Å²) < 4.78 is 17.7. The summed E-state index contributed by atoms with van der Waals surface area (Å²) in [5.74, 6) is 1.79. The van der Waals surface area contributed by atoms with Crippen LogP contribution < -0.4 is 9.47 Å². The Hall–Kier alpha value is -1.26. The third-order valence-electron chi connectivity index (χ3n) is 4.59. The van der Waals surface area contributed by atoms with Crippen LogP contribution in [0.15, 0.2) is 12.1 Å². The zero-order valence-electron chi connectivity index (χ0n) is 11.3. The molecule has 4 rings (SSSR count). The van der Waals surface area contributed by atoms with Crippen molar-refractivity contribution in [2.45, 2.75) is 25.0 Å². The quantitative estimate of drug-likeness (QED) is 0.714. The predicted octanol–water partition coefficient (Wildman–Crippen LogP) is 1.91. The number of hydrogen-bond acceptors (Lipinski definition) is 4. The van der Waals surface area contributed by atoms with Crippen LogP contribution in [0.5, 0.6) is 11.5 Å². The maximum atomic E-state index is 6.20. The van der Waals surface area contributed by atoms with E-state index in [0.29, 0.717) is 19.8 Å². The molecule has 19 heavy (non-hydrogen) atoms. The van der Waals surface area contributed by atoms with E-state index < -0.39 is 0 Å². The van der Waals surface area contributed by atoms with Crippen molar-refractivity contribution in [2.24, 2.45) is 0 Å². The van der Waals surface area contributed by atoms with Crippen molar-refractivity contribution in [3.05, 3.63) is 23.3 Å². The van der Waals surface area contributed by atoms with Gasteiger partial charge in [-0.1, -0.05) is 6.07 Å². The Morgan fingerprint density at radius 2 is 1.89 bits per heavy atom. The second kappa shape index (κ2) is 4.12. The van der Waals surface area contributed by atoms with Gasteiger partial charge in [-0.2, -0.15) is 0 Å². The zero-order valence-corrected chi connectivity index (χ0v) is 11.3. The molecule has 0 radical (unpaired) electrons. The molecule has 0 aliphatic carbocycles. The first-order valence-electron chi connectivity index (χ1n) is 7.03. The van der Waals surface area contributed by atoms with Gasteiger partial charge in [-0.3, -0.25) is 0 Å². The SMILES string of the molecule is CN1CCC2(CC1)OCc1c2ccc2c1OCCO2. The molecular weight excluding hydrogens is 242 g/mol. The van der Waals surface area contributed by atoms with Crippen molar-refractivity contribution in [3.63, 3.8) is 0 Å². The number of benzene rings is 1. The van der Waals surface area contributed by atoms with E-state index in [0.717, 1.165) is 37.4 Å². The largest absolute Gasteiger partial charge is 0.486 e. The molecule has 4 heteroatoms. The van der Waals surface area contributed by atoms with Crippen LogP contribution in [-0.2, 0) is 16.9 Å². The molecular formula is C15H19NO3. The molecule has 1 fully saturated rings. The Kier molecular flexibility index (Phi) is 2.50. The van der Waals surface area contributed by atoms with Gasteiger partial charge in [0.05, 0.1) is 12.2 Å². The van der Waals surface area contributed by atoms with E-state index in [1.807, 2.05) is 6.07 Å². The summed E-state index contributed by atoms with van der Waals surface area (Å²) in [6.45, 7) is 4.12. The predicted molar refractivity (Wildman–Crippen MR) is 70.6 cm³/mol. The van der Waals surface area contributed by atoms with Gasteiger partial charge in [-0.25, -0.2) is 0 Å². The van der Waals surface area contributed by atoms with Gasteiger partial charge >= 0.3 is 0 Å². The minimum atomic E-state index is -0.0856. The first-order chi connectivity index (χ1) is 9.28. The van der Waals surface area contributed by atoms with Gasteiger partial charge in [-0.05, 0) is 31.5 Å². The van der Waals surface area contributed by atoms with Crippen LogP contribution in [0, 0.1) is 0 Å². The molecule has 3 heterocycles. The van der Waals surface area contributed by atoms with Crippen molar-refractivity contribution in [2.75, 3.05) is 33.4 Å². The van der Waals surface area contributed by atoms with E-state index in [-0.39, 0.29) is 5.60 Å². The fourth-order valence-corrected chi connectivity index (χ4v) is 3.43. The molecule has 1 aromatic rings. The monoisotopic (exact) mass is 261 g/mol. The number of likely N-dealkylation sites (tertiary alicyclic amines) is 1. The summed E-state index contributed by atoms with van der Waals surface area (Å²) in [4.78, 5) is 2.37. The Balaban J connectivity index is 1.75. The number of ether oxygens (including phenoxy) is 3. The topological polar surface area (TPSA) is 30.9 Å². The second-order valence-corrected chi connectivity index (χ2v) is 5.70. The average molecular weight is 261 g/mol. The van der Waals surface area contributed by atoms with Crippen LogP contribution in [0.25, 0.3) is 0 Å². The highest BCUT2D eigenvalue weighted by Crippen LogP contribution is 2.49. The summed E-state index contributed by atoms with van der Waals surface area (Å²) >= 11 is 0. The lowest BCUT2D eigenvalue weighted by atomic mass is 9.83. The molecule has 4 nitrogen and oxygen atoms in total. The fourth-order valence-electron chi connectivity index (χ4n) is 3.43. The Morgan fingerprint density at radius 1 is 1.11 bits per heavy atom. The fraction of sp³-hybridized carbons (Fsp3) is 0.600. The van der Waals surface area contributed by atoms with Gasteiger partial charge in [0.25, 0.3) is 0 Å². The van der Waals surface area contributed by atoms with E-state index in [9.17, 15) is 0 Å². The van der Waals surface area contributed by atoms with Crippen LogP contribution in [0.4, 0.5) is 0 Å². The standard InChI is InChI=1S/C15H19NO3/c1-16-6-4-15(5-7-16)12-2-3-13-14(11(12)10-19-15)18-9-8-17-13/h2-3H,4-10H2,1H3. The summed E-state index contributed by atoms with van der Waals surface area (Å²) in [5, 5.41) is 0. The zero-order chi connectivity index (χ0) is 12.9. The first-order valence-corrected chi connectivity index (χ1v) is 7.03. The lowest BCUT2D eigenvalue weighted by molar-refractivity contribution is -0.0756. The molecule has 0 amide bonds. The molecule has 0 unspecified atom stereocenters. The molecule has 3 aliphatic heterocycles. The van der Waals surface area contributed by atoms with Gasteiger partial charge in [0.2, 0.25) is 0 Å². The maximum Gasteiger partial charge on any atom is 0.167 e. The van der Waals surface area contributed by atoms with Crippen LogP contribution in [-0.4, -0.2) is 38.3 Å². The van der Waals surface area contributed by atoms with E-state index in [4.69, 9.17) is 14.2 Å². The number of piperidine rings is 1. The lowest BCUT2D eigenvalue weighted by Crippen LogP contribution is -2.40. The van der Waals surface area contributed by atoms with Gasteiger partial charge in [0.15, 0.2) is 11.5 Å². The minimum absolute atomic E-state index is 0.0856. The molecule has 0 N–H and O–H groups in total. The highest BCUT2D eigenvalue weighted by molar-refractivity contribution is 5.54. The second-order valence-electron chi connectivity index (χ2n) is 5.70. The van der Waals surface area contributed by atoms with Gasteiger partial charge < -0.3 is 19.1 Å². The molecule has 0 atom stereocenters. The van der Waals surface area contributed by atoms with Crippen molar-refractivity contribution in [1.29, 1.82) is 0 Å². The van der Waals surface area contributed by atoms with Crippen LogP contribution in [0.2, 0.25) is 0 Å². The number of rotatable bonds is 0. The molecule has 1 aromatic carbocycles. The molecule has 102 valence electrons. The lowest BCUT2D eigenvalue weighted by Gasteiger charge is -2.37. The number of fused-ring (bicyclic) bond motifs is 4. The maximum absolute atomic E-state index is 6.20. The van der Waals surface area contributed by atoms with E-state index in [1.54, 1.807) is 0 Å². The molecule has 0 saturated carbocycles. The normalized spacial score (nSPS) is 24.5. The summed E-state index contributed by atoms with van der Waals surface area (Å²) in [6, 6.07) is 4.23. The number of hydrogen-bond donors (Lipinski definition) is 0. The number of nitrogens with zero attached hydrogens (tertiary/aromatic N) is 1. The van der Waals surface area contributed by atoms with Crippen LogP contribution in [0.3, 0.4) is 0 Å². The smallest absolute Gasteiger partial charge is 0.167 e. The average Bonchev–Trinajstić information content (AvgIpc) is 2.82. The van der Waals surface area contributed by atoms with Crippen molar-refractivity contribution in [3.8, 4) is 11.5 Å². The Bertz CT molecular complexity index is 506. The summed E-state index contributed by atoms with van der Waals surface area (Å²) in [5.41, 5.74) is 2.45. The van der Waals surface area contributed by atoms with Gasteiger partial charge in [0.1, 0.15) is 13.2 Å². The third kappa shape index (κ3) is 1.66. The molecule has 3 aliphatic rings. The van der Waals surface area contributed by atoms with Gasteiger partial charge in [0, 0.05) is 18.7 Å². The van der Waals surface area contributed by atoms with Gasteiger partial charge in [-0.15, -0.1) is 0 Å². The molecule has 0 bridgehead atoms. The van der Waals surface area contributed by atoms with Crippen LogP contribution in [0.1, 0.15) is 24.0 Å². The first kappa shape index (κ1) is 11.6. The Labute approximate surface area is 113 Å². The van der Waals surface area contributed by atoms with Crippen molar-refractivity contribution in [1.82, 2.24) is 4.90 Å². The highest BCUT2D eigenvalue weighted by Gasteiger charge is 2.44. The van der Waals surface area contributed by atoms with E-state index >= 15 is 0 Å². The summed E-state index contributed by atoms with van der Waals surface area (Å²) in [6.07, 6.45) is 2.13. The van der Waals surface area contributed by atoms with Crippen molar-refractivity contribution >= 4 is 0 Å². The van der Waals surface area contributed by atoms with E-state index in [1.165, 1.54) is 11.1 Å². The minimum Gasteiger partial charge on any atom is -0.486 e. The van der Waals surface area contributed by atoms with Crippen molar-refractivity contribution < 1.29 is 14.2 Å². The van der Waals surface area contributed by atoms with Crippen LogP contribution >= 0.6 is 0 Å². The molecule has 0 aromatic heterocycles.